The molecule has 33 valence electrons. The Kier molecular flexibility index (Phi) is 3.94. The third-order valence-corrected chi connectivity index (χ3v) is 1.19. The van der Waals surface area contributed by atoms with E-state index in [9.17, 15) is 4.79 Å². The van der Waals surface area contributed by atoms with E-state index in [4.69, 9.17) is 0 Å². The maximum atomic E-state index is 10.1. The van der Waals surface area contributed by atoms with E-state index < -0.39 is 0 Å². The molecule has 2 heteroatoms. The second kappa shape index (κ2) is 3.65. The van der Waals surface area contributed by atoms with Crippen molar-refractivity contribution in [1.82, 2.24) is 0 Å². The molecule has 0 amide bonds. The van der Waals surface area contributed by atoms with Gasteiger partial charge in [0.25, 0.3) is 0 Å². The van der Waals surface area contributed by atoms with Crippen molar-refractivity contribution in [3.63, 3.8) is 0 Å². The van der Waals surface area contributed by atoms with Crippen molar-refractivity contribution in [2.45, 2.75) is 19.8 Å². The van der Waals surface area contributed by atoms with Crippen LogP contribution in [-0.4, -0.2) is 26.3 Å². The van der Waals surface area contributed by atoms with E-state index in [2.05, 4.69) is 0 Å². The molecular weight excluding hydrogens is 183 g/mol. The molecule has 0 unspecified atom stereocenters. The standard InChI is InChI=1S/C4H7O.Sn/c1-2-3-4-5;/h2-3H2,1H3;. The van der Waals surface area contributed by atoms with Crippen LogP contribution in [-0.2, 0) is 4.79 Å². The molecule has 0 bridgehead atoms. The Morgan fingerprint density at radius 2 is 2.33 bits per heavy atom. The molecule has 0 N–H and O–H groups in total. The summed E-state index contributed by atoms with van der Waals surface area (Å²) in [5, 5.41) is 0. The van der Waals surface area contributed by atoms with E-state index in [0.29, 0.717) is 3.80 Å². The van der Waals surface area contributed by atoms with Crippen molar-refractivity contribution in [2.24, 2.45) is 0 Å². The molecule has 6 heavy (non-hydrogen) atoms. The third-order valence-electron chi connectivity index (χ3n) is 0.477. The van der Waals surface area contributed by atoms with E-state index in [-0.39, 0.29) is 0 Å². The van der Waals surface area contributed by atoms with Crippen LogP contribution in [0, 0.1) is 0 Å². The van der Waals surface area contributed by atoms with Gasteiger partial charge in [0.05, 0.1) is 0 Å². The monoisotopic (exact) mass is 191 g/mol. The zero-order chi connectivity index (χ0) is 4.99. The van der Waals surface area contributed by atoms with Gasteiger partial charge in [-0.25, -0.2) is 0 Å². The molecule has 0 aliphatic rings. The Bertz CT molecular complexity index is 51.5. The van der Waals surface area contributed by atoms with Crippen molar-refractivity contribution in [3.05, 3.63) is 0 Å². The average molecular weight is 190 g/mol. The Hall–Kier alpha value is 0.469. The summed E-state index contributed by atoms with van der Waals surface area (Å²) in [4.78, 5) is 10.1. The Balaban J connectivity index is 2.83. The van der Waals surface area contributed by atoms with Gasteiger partial charge in [0.2, 0.25) is 0 Å². The first-order chi connectivity index (χ1) is 2.77. The number of hydrogen-bond donors (Lipinski definition) is 0. The first-order valence-electron chi connectivity index (χ1n) is 2.01. The maximum absolute atomic E-state index is 10.1. The molecule has 0 rings (SSSR count). The number of carbonyl (C=O) groups excluding carboxylic acids is 1. The molecule has 0 atom stereocenters. The normalized spacial score (nSPS) is 8.33. The van der Waals surface area contributed by atoms with E-state index in [1.165, 1.54) is 0 Å². The van der Waals surface area contributed by atoms with E-state index >= 15 is 0 Å². The first-order valence-corrected chi connectivity index (χ1v) is 3.44. The van der Waals surface area contributed by atoms with Crippen LogP contribution in [0.15, 0.2) is 0 Å². The summed E-state index contributed by atoms with van der Waals surface area (Å²) < 4.78 is 0.379. The second-order valence-corrected chi connectivity index (χ2v) is 2.76. The fourth-order valence-corrected chi connectivity index (χ4v) is 0.941. The van der Waals surface area contributed by atoms with Crippen LogP contribution in [0.5, 0.6) is 0 Å². The zero-order valence-electron chi connectivity index (χ0n) is 3.82. The fraction of sp³-hybridized carbons (Fsp3) is 0.750. The van der Waals surface area contributed by atoms with Gasteiger partial charge >= 0.3 is 50.9 Å². The summed E-state index contributed by atoms with van der Waals surface area (Å²) in [5.41, 5.74) is 0. The van der Waals surface area contributed by atoms with E-state index in [0.717, 1.165) is 35.4 Å². The van der Waals surface area contributed by atoms with Crippen LogP contribution in [0.4, 0.5) is 0 Å². The van der Waals surface area contributed by atoms with Crippen molar-refractivity contribution >= 4 is 26.3 Å². The first kappa shape index (κ1) is 6.47. The second-order valence-electron chi connectivity index (χ2n) is 1.17. The van der Waals surface area contributed by atoms with Gasteiger partial charge in [0, 0.05) is 0 Å². The minimum atomic E-state index is 0.379. The van der Waals surface area contributed by atoms with Gasteiger partial charge in [-0.15, -0.1) is 0 Å². The molecule has 0 aromatic carbocycles. The molecule has 0 fully saturated rings. The average Bonchev–Trinajstić information content (AvgIpc) is 1.35. The van der Waals surface area contributed by atoms with Crippen LogP contribution in [0.2, 0.25) is 0 Å². The molecule has 0 aliphatic carbocycles. The van der Waals surface area contributed by atoms with Crippen molar-refractivity contribution in [3.8, 4) is 0 Å². The van der Waals surface area contributed by atoms with Crippen LogP contribution in [0.25, 0.3) is 0 Å². The van der Waals surface area contributed by atoms with Gasteiger partial charge in [-0.1, -0.05) is 0 Å². The number of carbonyl (C=O) groups is 1. The molecule has 0 heterocycles. The number of rotatable bonds is 2. The minimum absolute atomic E-state index is 0.379. The van der Waals surface area contributed by atoms with E-state index in [1.54, 1.807) is 0 Å². The topological polar surface area (TPSA) is 17.1 Å². The quantitative estimate of drug-likeness (QED) is 0.578. The van der Waals surface area contributed by atoms with Crippen LogP contribution < -0.4 is 0 Å². The fourth-order valence-electron chi connectivity index (χ4n) is 0.227. The molecule has 0 saturated heterocycles. The van der Waals surface area contributed by atoms with Crippen LogP contribution in [0.3, 0.4) is 0 Å². The zero-order valence-corrected chi connectivity index (χ0v) is 6.68. The molecule has 0 saturated carbocycles. The molecule has 3 radical (unpaired) electrons. The van der Waals surface area contributed by atoms with Crippen molar-refractivity contribution in [1.29, 1.82) is 0 Å². The molecule has 0 aromatic heterocycles. The predicted octanol–water partition coefficient (Wildman–Crippen LogP) is 0.482. The molecule has 0 spiro atoms. The van der Waals surface area contributed by atoms with Gasteiger partial charge in [-0.2, -0.15) is 0 Å². The van der Waals surface area contributed by atoms with Gasteiger partial charge in [0.1, 0.15) is 0 Å². The van der Waals surface area contributed by atoms with Crippen LogP contribution >= 0.6 is 0 Å². The summed E-state index contributed by atoms with van der Waals surface area (Å²) in [5.74, 6) is 0. The van der Waals surface area contributed by atoms with Gasteiger partial charge < -0.3 is 0 Å². The van der Waals surface area contributed by atoms with Crippen molar-refractivity contribution < 1.29 is 4.79 Å². The van der Waals surface area contributed by atoms with Gasteiger partial charge in [-0.05, 0) is 0 Å². The summed E-state index contributed by atoms with van der Waals surface area (Å²) in [6.45, 7) is 2.02. The molecule has 1 nitrogen and oxygen atoms in total. The molecule has 0 aliphatic heterocycles. The molecular formula is C4H7OSn. The Morgan fingerprint density at radius 3 is 2.33 bits per heavy atom. The van der Waals surface area contributed by atoms with Gasteiger partial charge in [-0.3, -0.25) is 0 Å². The third kappa shape index (κ3) is 4.47. The van der Waals surface area contributed by atoms with Gasteiger partial charge in [0.15, 0.2) is 0 Å². The summed E-state index contributed by atoms with van der Waals surface area (Å²) in [7, 11) is 0. The Morgan fingerprint density at radius 1 is 1.83 bits per heavy atom. The predicted molar refractivity (Wildman–Crippen MR) is 25.7 cm³/mol. The number of hydrogen-bond acceptors (Lipinski definition) is 1. The van der Waals surface area contributed by atoms with Crippen LogP contribution in [0.1, 0.15) is 19.8 Å². The molecule has 0 aromatic rings. The Labute approximate surface area is 51.2 Å². The SMILES string of the molecule is CCC[C](=O)[Sn]. The summed E-state index contributed by atoms with van der Waals surface area (Å²) in [6.07, 6.45) is 1.78. The summed E-state index contributed by atoms with van der Waals surface area (Å²) >= 11 is 1.05. The summed E-state index contributed by atoms with van der Waals surface area (Å²) in [6, 6.07) is 0. The van der Waals surface area contributed by atoms with Crippen molar-refractivity contribution in [2.75, 3.05) is 0 Å². The van der Waals surface area contributed by atoms with E-state index in [1.807, 2.05) is 6.92 Å².